The molecule has 3 aromatic heterocycles. The summed E-state index contributed by atoms with van der Waals surface area (Å²) in [4.78, 5) is 44.2. The molecule has 0 bridgehead atoms. The van der Waals surface area contributed by atoms with Crippen LogP contribution in [0.25, 0.3) is 11.2 Å². The highest BCUT2D eigenvalue weighted by atomic mass is 16.3. The molecule has 0 aliphatic carbocycles. The zero-order valence-corrected chi connectivity index (χ0v) is 13.2. The van der Waals surface area contributed by atoms with Crippen molar-refractivity contribution < 1.29 is 9.21 Å². The first-order valence-corrected chi connectivity index (χ1v) is 7.25. The molecule has 0 atom stereocenters. The van der Waals surface area contributed by atoms with E-state index in [0.29, 0.717) is 18.9 Å². The second-order valence-corrected chi connectivity index (χ2v) is 5.28. The third-order valence-corrected chi connectivity index (χ3v) is 3.68. The average Bonchev–Trinajstić information content (AvgIpc) is 3.21. The first-order valence-electron chi connectivity index (χ1n) is 7.25. The number of fused-ring (bicyclic) bond motifs is 1. The number of carbonyl (C=O) groups is 1. The predicted molar refractivity (Wildman–Crippen MR) is 83.4 cm³/mol. The van der Waals surface area contributed by atoms with E-state index in [1.165, 1.54) is 42.0 Å². The molecule has 1 N–H and O–H groups in total. The monoisotopic (exact) mass is 332 g/mol. The number of imidazole rings is 1. The normalized spacial score (nSPS) is 11.1. The number of aryl methyl sites for hydroxylation is 1. The van der Waals surface area contributed by atoms with Gasteiger partial charge in [-0.25, -0.2) is 14.8 Å². The summed E-state index contributed by atoms with van der Waals surface area (Å²) in [6, 6.07) is 0. The van der Waals surface area contributed by atoms with Crippen LogP contribution in [-0.2, 0) is 31.9 Å². The van der Waals surface area contributed by atoms with Crippen molar-refractivity contribution in [3.63, 3.8) is 0 Å². The number of hydrogen-bond acceptors (Lipinski definition) is 6. The summed E-state index contributed by atoms with van der Waals surface area (Å²) in [5.41, 5.74) is -0.496. The van der Waals surface area contributed by atoms with E-state index in [1.54, 1.807) is 0 Å². The van der Waals surface area contributed by atoms with Gasteiger partial charge in [0.25, 0.3) is 5.56 Å². The van der Waals surface area contributed by atoms with Crippen LogP contribution in [0, 0.1) is 0 Å². The van der Waals surface area contributed by atoms with E-state index in [4.69, 9.17) is 4.42 Å². The van der Waals surface area contributed by atoms with Crippen LogP contribution in [0.2, 0.25) is 0 Å². The molecule has 10 heteroatoms. The Labute approximate surface area is 135 Å². The van der Waals surface area contributed by atoms with E-state index >= 15 is 0 Å². The summed E-state index contributed by atoms with van der Waals surface area (Å²) in [6.45, 7) is 0.290. The third-order valence-electron chi connectivity index (χ3n) is 3.68. The average molecular weight is 332 g/mol. The Morgan fingerprint density at radius 1 is 1.25 bits per heavy atom. The standard InChI is InChI=1S/C14H16N6O4/c1-18-12-11(13(22)19(2)14(18)23)20(8-17-12)7-9(21)15-4-3-10-16-5-6-24-10/h5-6,8H,3-4,7H2,1-2H3,(H,15,21). The molecule has 3 heterocycles. The first-order chi connectivity index (χ1) is 11.5. The van der Waals surface area contributed by atoms with Crippen LogP contribution in [0.4, 0.5) is 0 Å². The summed E-state index contributed by atoms with van der Waals surface area (Å²) in [5, 5.41) is 2.72. The van der Waals surface area contributed by atoms with Crippen molar-refractivity contribution in [2.45, 2.75) is 13.0 Å². The van der Waals surface area contributed by atoms with Gasteiger partial charge in [-0.05, 0) is 0 Å². The molecule has 0 radical (unpaired) electrons. The number of rotatable bonds is 5. The van der Waals surface area contributed by atoms with Crippen molar-refractivity contribution in [1.82, 2.24) is 29.0 Å². The maximum atomic E-state index is 12.3. The maximum Gasteiger partial charge on any atom is 0.332 e. The van der Waals surface area contributed by atoms with E-state index < -0.39 is 11.2 Å². The number of aromatic nitrogens is 5. The van der Waals surface area contributed by atoms with E-state index in [-0.39, 0.29) is 23.6 Å². The smallest absolute Gasteiger partial charge is 0.332 e. The van der Waals surface area contributed by atoms with Crippen molar-refractivity contribution in [3.05, 3.63) is 45.5 Å². The molecule has 0 spiro atoms. The lowest BCUT2D eigenvalue weighted by Gasteiger charge is -2.07. The molecule has 0 aliphatic heterocycles. The lowest BCUT2D eigenvalue weighted by Crippen LogP contribution is -2.38. The number of hydrogen-bond donors (Lipinski definition) is 1. The Kier molecular flexibility index (Phi) is 4.02. The third kappa shape index (κ3) is 2.73. The highest BCUT2D eigenvalue weighted by Crippen LogP contribution is 2.05. The van der Waals surface area contributed by atoms with Gasteiger partial charge in [0, 0.05) is 27.1 Å². The minimum Gasteiger partial charge on any atom is -0.449 e. The fourth-order valence-electron chi connectivity index (χ4n) is 2.41. The molecule has 3 rings (SSSR count). The van der Waals surface area contributed by atoms with Crippen LogP contribution in [0.5, 0.6) is 0 Å². The lowest BCUT2D eigenvalue weighted by atomic mass is 10.4. The second-order valence-electron chi connectivity index (χ2n) is 5.28. The number of nitrogens with zero attached hydrogens (tertiary/aromatic N) is 5. The van der Waals surface area contributed by atoms with Gasteiger partial charge in [-0.2, -0.15) is 0 Å². The Hall–Kier alpha value is -3.17. The maximum absolute atomic E-state index is 12.3. The Morgan fingerprint density at radius 2 is 2.04 bits per heavy atom. The molecule has 0 aromatic carbocycles. The molecule has 126 valence electrons. The molecule has 0 saturated heterocycles. The SMILES string of the molecule is Cn1c(=O)c2c(ncn2CC(=O)NCCc2ncco2)n(C)c1=O. The minimum atomic E-state index is -0.488. The Balaban J connectivity index is 1.77. The molecule has 0 unspecified atom stereocenters. The number of carbonyl (C=O) groups excluding carboxylic acids is 1. The Bertz CT molecular complexity index is 995. The molecule has 0 aliphatic rings. The van der Waals surface area contributed by atoms with Crippen LogP contribution in [0.1, 0.15) is 5.89 Å². The molecule has 1 amide bonds. The van der Waals surface area contributed by atoms with Crippen molar-refractivity contribution >= 4 is 17.1 Å². The molecule has 24 heavy (non-hydrogen) atoms. The minimum absolute atomic E-state index is 0.0739. The molecular weight excluding hydrogens is 316 g/mol. The predicted octanol–water partition coefficient (Wildman–Crippen LogP) is -1.22. The Morgan fingerprint density at radius 3 is 2.75 bits per heavy atom. The van der Waals surface area contributed by atoms with Crippen molar-refractivity contribution in [2.24, 2.45) is 14.1 Å². The summed E-state index contributed by atoms with van der Waals surface area (Å²) in [6.07, 6.45) is 4.85. The van der Waals surface area contributed by atoms with E-state index in [1.807, 2.05) is 0 Å². The fourth-order valence-corrected chi connectivity index (χ4v) is 2.41. The summed E-state index contributed by atoms with van der Waals surface area (Å²) in [5.74, 6) is 0.254. The van der Waals surface area contributed by atoms with Crippen LogP contribution >= 0.6 is 0 Å². The zero-order valence-electron chi connectivity index (χ0n) is 13.2. The van der Waals surface area contributed by atoms with E-state index in [0.717, 1.165) is 4.57 Å². The molecule has 3 aromatic rings. The highest BCUT2D eigenvalue weighted by molar-refractivity contribution is 5.78. The van der Waals surface area contributed by atoms with Gasteiger partial charge in [0.1, 0.15) is 12.8 Å². The van der Waals surface area contributed by atoms with E-state index in [2.05, 4.69) is 15.3 Å². The molecule has 0 fully saturated rings. The van der Waals surface area contributed by atoms with Gasteiger partial charge >= 0.3 is 5.69 Å². The largest absolute Gasteiger partial charge is 0.449 e. The van der Waals surface area contributed by atoms with Crippen LogP contribution in [0.15, 0.2) is 32.8 Å². The van der Waals surface area contributed by atoms with Gasteiger partial charge in [0.05, 0.1) is 12.5 Å². The van der Waals surface area contributed by atoms with Crippen molar-refractivity contribution in [3.8, 4) is 0 Å². The van der Waals surface area contributed by atoms with Crippen LogP contribution < -0.4 is 16.6 Å². The van der Waals surface area contributed by atoms with Crippen molar-refractivity contribution in [2.75, 3.05) is 6.54 Å². The van der Waals surface area contributed by atoms with E-state index in [9.17, 15) is 14.4 Å². The topological polar surface area (TPSA) is 117 Å². The van der Waals surface area contributed by atoms with Crippen LogP contribution in [0.3, 0.4) is 0 Å². The summed E-state index contributed by atoms with van der Waals surface area (Å²) >= 11 is 0. The highest BCUT2D eigenvalue weighted by Gasteiger charge is 2.15. The zero-order chi connectivity index (χ0) is 17.3. The van der Waals surface area contributed by atoms with Gasteiger partial charge in [-0.1, -0.05) is 0 Å². The summed E-state index contributed by atoms with van der Waals surface area (Å²) in [7, 11) is 2.91. The molecular formula is C14H16N6O4. The van der Waals surface area contributed by atoms with Gasteiger partial charge in [0.2, 0.25) is 5.91 Å². The first kappa shape index (κ1) is 15.7. The lowest BCUT2D eigenvalue weighted by molar-refractivity contribution is -0.121. The fraction of sp³-hybridized carbons (Fsp3) is 0.357. The second kappa shape index (κ2) is 6.14. The summed E-state index contributed by atoms with van der Waals surface area (Å²) < 4.78 is 8.76. The number of nitrogens with one attached hydrogen (secondary N) is 1. The number of amides is 1. The van der Waals surface area contributed by atoms with Gasteiger partial charge in [0.15, 0.2) is 17.1 Å². The molecule has 10 nitrogen and oxygen atoms in total. The van der Waals surface area contributed by atoms with Gasteiger partial charge in [-0.15, -0.1) is 0 Å². The number of oxazole rings is 1. The quantitative estimate of drug-likeness (QED) is 0.626. The van der Waals surface area contributed by atoms with Gasteiger partial charge in [-0.3, -0.25) is 18.7 Å². The molecule has 0 saturated carbocycles. The van der Waals surface area contributed by atoms with Crippen LogP contribution in [-0.4, -0.2) is 36.1 Å². The van der Waals surface area contributed by atoms with Crippen molar-refractivity contribution in [1.29, 1.82) is 0 Å². The van der Waals surface area contributed by atoms with Gasteiger partial charge < -0.3 is 14.3 Å².